The monoisotopic (exact) mass is 756 g/mol. The molecule has 0 N–H and O–H groups in total. The van der Waals surface area contributed by atoms with Gasteiger partial charge >= 0.3 is 0 Å². The van der Waals surface area contributed by atoms with Gasteiger partial charge in [-0.15, -0.1) is 0 Å². The van der Waals surface area contributed by atoms with Crippen molar-refractivity contribution in [1.29, 1.82) is 0 Å². The van der Waals surface area contributed by atoms with Crippen LogP contribution in [-0.2, 0) is 0 Å². The Hall–Kier alpha value is -7.74. The first kappa shape index (κ1) is 30.4. The van der Waals surface area contributed by atoms with Crippen LogP contribution in [0.1, 0.15) is 6.85 Å². The van der Waals surface area contributed by atoms with Crippen molar-refractivity contribution in [2.75, 3.05) is 4.90 Å². The number of rotatable bonds is 9. The highest BCUT2D eigenvalue weighted by atomic mass is 15.1. The molecule has 0 aliphatic heterocycles. The van der Waals surface area contributed by atoms with Crippen molar-refractivity contribution in [2.24, 2.45) is 0 Å². The lowest BCUT2D eigenvalue weighted by Gasteiger charge is -2.29. The van der Waals surface area contributed by atoms with Crippen molar-refractivity contribution in [3.63, 3.8) is 0 Å². The zero-order chi connectivity index (χ0) is 43.7. The number of fused-ring (bicyclic) bond motifs is 1. The molecule has 0 atom stereocenters. The molecule has 0 aliphatic carbocycles. The van der Waals surface area contributed by atoms with Crippen LogP contribution in [0.3, 0.4) is 0 Å². The fraction of sp³-hybridized carbons (Fsp3) is 0. The first-order valence-corrected chi connectivity index (χ1v) is 19.8. The second kappa shape index (κ2) is 16.0. The summed E-state index contributed by atoms with van der Waals surface area (Å²) < 4.78 is 42.1. The van der Waals surface area contributed by atoms with Crippen LogP contribution in [0.5, 0.6) is 0 Å². The van der Waals surface area contributed by atoms with Gasteiger partial charge in [-0.25, -0.2) is 0 Å². The predicted octanol–water partition coefficient (Wildman–Crippen LogP) is 16.3. The molecule has 0 aromatic heterocycles. The summed E-state index contributed by atoms with van der Waals surface area (Å²) in [5.41, 5.74) is 14.6. The number of hydrogen-bond donors (Lipinski definition) is 0. The van der Waals surface area contributed by atoms with Gasteiger partial charge in [0.2, 0.25) is 0 Å². The van der Waals surface area contributed by atoms with Gasteiger partial charge in [-0.1, -0.05) is 218 Å². The first-order chi connectivity index (χ1) is 31.4. The predicted molar refractivity (Wildman–Crippen MR) is 251 cm³/mol. The standard InChI is InChI=1S/C58H41N/c1-3-16-42(17-4-1)44-34-38-49(39-35-44)59(50-40-36-45(37-41-50)43-30-32-48(33-31-43)52-28-15-21-47-20-7-8-22-51(47)52)58-29-14-13-27-57(58)56-26-12-11-25-55(56)54-24-10-9-23-53(54)46-18-5-2-6-19-46/h1-41H/i1D,3D,4D,16D,17D. The Morgan fingerprint density at radius 1 is 0.271 bits per heavy atom. The van der Waals surface area contributed by atoms with Crippen molar-refractivity contribution in [1.82, 2.24) is 0 Å². The van der Waals surface area contributed by atoms with E-state index >= 15 is 0 Å². The third-order valence-corrected chi connectivity index (χ3v) is 11.0. The molecular weight excluding hydrogens is 711 g/mol. The fourth-order valence-electron chi connectivity index (χ4n) is 8.16. The van der Waals surface area contributed by atoms with E-state index in [-0.39, 0.29) is 29.7 Å². The van der Waals surface area contributed by atoms with Gasteiger partial charge < -0.3 is 4.90 Å². The Bertz CT molecular complexity index is 3270. The zero-order valence-corrected chi connectivity index (χ0v) is 32.2. The van der Waals surface area contributed by atoms with E-state index in [0.29, 0.717) is 5.56 Å². The number of para-hydroxylation sites is 1. The molecule has 59 heavy (non-hydrogen) atoms. The number of hydrogen-bond acceptors (Lipinski definition) is 1. The van der Waals surface area contributed by atoms with Crippen molar-refractivity contribution in [2.45, 2.75) is 0 Å². The van der Waals surface area contributed by atoms with Gasteiger partial charge in [0.25, 0.3) is 0 Å². The number of benzene rings is 10. The Morgan fingerprint density at radius 2 is 0.695 bits per heavy atom. The van der Waals surface area contributed by atoms with E-state index in [9.17, 15) is 0 Å². The Kier molecular flexibility index (Phi) is 8.25. The Labute approximate surface area is 353 Å². The van der Waals surface area contributed by atoms with Crippen molar-refractivity contribution in [3.8, 4) is 66.8 Å². The molecule has 10 aromatic carbocycles. The minimum absolute atomic E-state index is 0.173. The molecule has 1 heteroatoms. The number of anilines is 3. The SMILES string of the molecule is [2H]c1c([2H])c([2H])c(-c2ccc(N(c3ccc(-c4ccc(-c5cccc6ccccc56)cc4)cc3)c3ccccc3-c3ccccc3-c3ccccc3-c3ccccc3)cc2)c([2H])c1[2H]. The minimum atomic E-state index is -0.408. The molecule has 0 radical (unpaired) electrons. The number of nitrogens with zero attached hydrogens (tertiary/aromatic N) is 1. The molecule has 0 aliphatic rings. The molecule has 0 saturated carbocycles. The molecule has 0 amide bonds. The average molecular weight is 757 g/mol. The van der Waals surface area contributed by atoms with E-state index in [1.807, 2.05) is 30.3 Å². The lowest BCUT2D eigenvalue weighted by molar-refractivity contribution is 1.28. The highest BCUT2D eigenvalue weighted by Gasteiger charge is 2.20. The molecule has 0 bridgehead atoms. The smallest absolute Gasteiger partial charge is 0.0629 e. The summed E-state index contributed by atoms with van der Waals surface area (Å²) in [4.78, 5) is 2.23. The molecule has 1 nitrogen and oxygen atoms in total. The van der Waals surface area contributed by atoms with Crippen LogP contribution < -0.4 is 4.90 Å². The highest BCUT2D eigenvalue weighted by Crippen LogP contribution is 2.45. The molecule has 0 saturated heterocycles. The zero-order valence-electron chi connectivity index (χ0n) is 37.2. The van der Waals surface area contributed by atoms with Crippen molar-refractivity contribution in [3.05, 3.63) is 249 Å². The van der Waals surface area contributed by atoms with Gasteiger partial charge in [0.05, 0.1) is 12.5 Å². The maximum absolute atomic E-state index is 8.66. The van der Waals surface area contributed by atoms with E-state index in [2.05, 4.69) is 193 Å². The van der Waals surface area contributed by atoms with Crippen LogP contribution in [0.2, 0.25) is 0 Å². The molecule has 0 heterocycles. The highest BCUT2D eigenvalue weighted by molar-refractivity contribution is 5.98. The minimum Gasteiger partial charge on any atom is -0.310 e. The third-order valence-electron chi connectivity index (χ3n) is 11.0. The van der Waals surface area contributed by atoms with Gasteiger partial charge in [-0.2, -0.15) is 0 Å². The first-order valence-electron chi connectivity index (χ1n) is 22.3. The quantitative estimate of drug-likeness (QED) is 0.142. The summed E-state index contributed by atoms with van der Waals surface area (Å²) in [6.07, 6.45) is 0. The molecule has 0 unspecified atom stereocenters. The maximum atomic E-state index is 8.66. The normalized spacial score (nSPS) is 12.2. The van der Waals surface area contributed by atoms with Gasteiger partial charge in [0.1, 0.15) is 0 Å². The van der Waals surface area contributed by atoms with E-state index in [1.165, 1.54) is 21.9 Å². The lowest BCUT2D eigenvalue weighted by Crippen LogP contribution is -2.11. The second-order valence-electron chi connectivity index (χ2n) is 14.5. The van der Waals surface area contributed by atoms with Crippen LogP contribution in [-0.4, -0.2) is 0 Å². The maximum Gasteiger partial charge on any atom is 0.0629 e. The fourth-order valence-corrected chi connectivity index (χ4v) is 8.16. The molecule has 278 valence electrons. The molecular formula is C58H41N. The van der Waals surface area contributed by atoms with E-state index < -0.39 is 6.04 Å². The van der Waals surface area contributed by atoms with Gasteiger partial charge in [0.15, 0.2) is 0 Å². The van der Waals surface area contributed by atoms with Crippen LogP contribution in [0.15, 0.2) is 249 Å². The largest absolute Gasteiger partial charge is 0.310 e. The van der Waals surface area contributed by atoms with Gasteiger partial charge in [-0.3, -0.25) is 0 Å². The van der Waals surface area contributed by atoms with E-state index in [1.54, 1.807) is 0 Å². The second-order valence-corrected chi connectivity index (χ2v) is 14.5. The topological polar surface area (TPSA) is 3.24 Å². The Balaban J connectivity index is 1.09. The van der Waals surface area contributed by atoms with Gasteiger partial charge in [-0.05, 0) is 102 Å². The summed E-state index contributed by atoms with van der Waals surface area (Å²) in [7, 11) is 0. The molecule has 10 aromatic rings. The summed E-state index contributed by atoms with van der Waals surface area (Å²) in [5, 5.41) is 2.45. The van der Waals surface area contributed by atoms with Crippen LogP contribution in [0.25, 0.3) is 77.5 Å². The summed E-state index contributed by atoms with van der Waals surface area (Å²) in [6.45, 7) is 0. The van der Waals surface area contributed by atoms with Crippen LogP contribution in [0, 0.1) is 0 Å². The van der Waals surface area contributed by atoms with E-state index in [4.69, 9.17) is 6.85 Å². The summed E-state index contributed by atoms with van der Waals surface area (Å²) in [6, 6.07) is 74.3. The van der Waals surface area contributed by atoms with Crippen molar-refractivity contribution >= 4 is 27.8 Å². The summed E-state index contributed by atoms with van der Waals surface area (Å²) >= 11 is 0. The van der Waals surface area contributed by atoms with Gasteiger partial charge in [0, 0.05) is 16.9 Å². The Morgan fingerprint density at radius 3 is 1.36 bits per heavy atom. The average Bonchev–Trinajstić information content (AvgIpc) is 3.36. The lowest BCUT2D eigenvalue weighted by atomic mass is 9.88. The van der Waals surface area contributed by atoms with Crippen LogP contribution in [0.4, 0.5) is 17.1 Å². The van der Waals surface area contributed by atoms with E-state index in [0.717, 1.165) is 61.6 Å². The van der Waals surface area contributed by atoms with Crippen LogP contribution >= 0.6 is 0 Å². The molecule has 10 rings (SSSR count). The summed E-state index contributed by atoms with van der Waals surface area (Å²) in [5.74, 6) is 0. The third kappa shape index (κ3) is 7.12. The molecule has 0 fully saturated rings. The molecule has 0 spiro atoms. The van der Waals surface area contributed by atoms with Crippen molar-refractivity contribution < 1.29 is 6.85 Å².